The van der Waals surface area contributed by atoms with Gasteiger partial charge in [-0.1, -0.05) is 45.8 Å². The van der Waals surface area contributed by atoms with Crippen molar-refractivity contribution >= 4 is 0 Å². The molecule has 1 unspecified atom stereocenters. The quantitative estimate of drug-likeness (QED) is 0.557. The van der Waals surface area contributed by atoms with Crippen LogP contribution >= 0.6 is 0 Å². The molecule has 0 heteroatoms. The lowest BCUT2D eigenvalue weighted by Crippen LogP contribution is -2.12. The first-order valence-electron chi connectivity index (χ1n) is 6.71. The Bertz CT molecular complexity index is 220. The van der Waals surface area contributed by atoms with Crippen LogP contribution in [-0.2, 0) is 0 Å². The van der Waals surface area contributed by atoms with E-state index in [4.69, 9.17) is 0 Å². The van der Waals surface area contributed by atoms with E-state index in [9.17, 15) is 0 Å². The van der Waals surface area contributed by atoms with Gasteiger partial charge in [0.15, 0.2) is 0 Å². The summed E-state index contributed by atoms with van der Waals surface area (Å²) >= 11 is 0. The fraction of sp³-hybridized carbons (Fsp3) is 0.867. The molecule has 0 saturated heterocycles. The first-order valence-corrected chi connectivity index (χ1v) is 6.71. The highest BCUT2D eigenvalue weighted by Gasteiger charge is 2.20. The van der Waals surface area contributed by atoms with Crippen molar-refractivity contribution in [2.45, 2.75) is 66.7 Å². The second-order valence-electron chi connectivity index (χ2n) is 6.12. The van der Waals surface area contributed by atoms with Gasteiger partial charge in [0.1, 0.15) is 0 Å². The van der Waals surface area contributed by atoms with E-state index in [-0.39, 0.29) is 0 Å². The smallest absolute Gasteiger partial charge is 0.0229 e. The van der Waals surface area contributed by atoms with Crippen molar-refractivity contribution in [2.24, 2.45) is 17.8 Å². The van der Waals surface area contributed by atoms with Crippen molar-refractivity contribution in [1.29, 1.82) is 0 Å². The van der Waals surface area contributed by atoms with Gasteiger partial charge in [0.2, 0.25) is 0 Å². The zero-order chi connectivity index (χ0) is 11.4. The van der Waals surface area contributed by atoms with Crippen LogP contribution in [0.15, 0.2) is 11.1 Å². The monoisotopic (exact) mass is 208 g/mol. The Morgan fingerprint density at radius 1 is 1.07 bits per heavy atom. The molecule has 1 aliphatic carbocycles. The summed E-state index contributed by atoms with van der Waals surface area (Å²) in [6.07, 6.45) is 6.90. The van der Waals surface area contributed by atoms with Gasteiger partial charge in [-0.05, 0) is 49.9 Å². The number of hydrogen-bond donors (Lipinski definition) is 0. The van der Waals surface area contributed by atoms with Gasteiger partial charge in [0.25, 0.3) is 0 Å². The van der Waals surface area contributed by atoms with E-state index < -0.39 is 0 Å². The number of hydrogen-bond acceptors (Lipinski definition) is 0. The summed E-state index contributed by atoms with van der Waals surface area (Å²) in [5, 5.41) is 0. The third-order valence-corrected chi connectivity index (χ3v) is 3.45. The fourth-order valence-corrected chi connectivity index (χ4v) is 2.82. The summed E-state index contributed by atoms with van der Waals surface area (Å²) in [7, 11) is 0. The Balaban J connectivity index is 2.78. The Labute approximate surface area is 96.2 Å². The van der Waals surface area contributed by atoms with Crippen molar-refractivity contribution in [2.75, 3.05) is 0 Å². The summed E-state index contributed by atoms with van der Waals surface area (Å²) < 4.78 is 0. The van der Waals surface area contributed by atoms with Crippen LogP contribution in [0.3, 0.4) is 0 Å². The van der Waals surface area contributed by atoms with E-state index in [0.717, 1.165) is 17.8 Å². The van der Waals surface area contributed by atoms with Crippen LogP contribution in [0.4, 0.5) is 0 Å². The highest BCUT2D eigenvalue weighted by atomic mass is 14.3. The summed E-state index contributed by atoms with van der Waals surface area (Å²) in [5.74, 6) is 2.50. The van der Waals surface area contributed by atoms with Gasteiger partial charge in [-0.3, -0.25) is 0 Å². The van der Waals surface area contributed by atoms with Crippen LogP contribution < -0.4 is 0 Å². The minimum atomic E-state index is 0.822. The molecule has 0 N–H and O–H groups in total. The average Bonchev–Trinajstić information content (AvgIpc) is 2.09. The largest absolute Gasteiger partial charge is 0.0705 e. The third-order valence-electron chi connectivity index (χ3n) is 3.45. The molecule has 0 amide bonds. The second-order valence-corrected chi connectivity index (χ2v) is 6.12. The molecule has 0 aromatic heterocycles. The van der Waals surface area contributed by atoms with Crippen molar-refractivity contribution in [3.8, 4) is 0 Å². The summed E-state index contributed by atoms with van der Waals surface area (Å²) in [4.78, 5) is 0. The zero-order valence-corrected chi connectivity index (χ0v) is 11.3. The maximum Gasteiger partial charge on any atom is -0.0229 e. The van der Waals surface area contributed by atoms with Crippen molar-refractivity contribution in [1.82, 2.24) is 0 Å². The van der Waals surface area contributed by atoms with Gasteiger partial charge in [-0.25, -0.2) is 0 Å². The van der Waals surface area contributed by atoms with E-state index in [1.54, 1.807) is 5.57 Å². The molecular weight excluding hydrogens is 180 g/mol. The molecule has 0 nitrogen and oxygen atoms in total. The first-order chi connectivity index (χ1) is 7.00. The predicted molar refractivity (Wildman–Crippen MR) is 69.0 cm³/mol. The SMILES string of the molecule is CC(C)CC1=C(CC(C)C)C(C)CCC1. The molecular formula is C15H28. The van der Waals surface area contributed by atoms with Crippen molar-refractivity contribution in [3.63, 3.8) is 0 Å². The van der Waals surface area contributed by atoms with Crippen LogP contribution in [0.1, 0.15) is 66.7 Å². The maximum absolute atomic E-state index is 2.43. The highest BCUT2D eigenvalue weighted by molar-refractivity contribution is 5.20. The lowest BCUT2D eigenvalue weighted by molar-refractivity contribution is 0.463. The molecule has 0 saturated carbocycles. The molecule has 0 aliphatic heterocycles. The van der Waals surface area contributed by atoms with E-state index in [2.05, 4.69) is 34.6 Å². The normalized spacial score (nSPS) is 23.0. The van der Waals surface area contributed by atoms with Gasteiger partial charge in [-0.15, -0.1) is 0 Å². The maximum atomic E-state index is 2.43. The zero-order valence-electron chi connectivity index (χ0n) is 11.3. The van der Waals surface area contributed by atoms with Gasteiger partial charge in [0.05, 0.1) is 0 Å². The van der Waals surface area contributed by atoms with E-state index in [0.29, 0.717) is 0 Å². The Morgan fingerprint density at radius 3 is 2.20 bits per heavy atom. The van der Waals surface area contributed by atoms with Gasteiger partial charge in [0, 0.05) is 0 Å². The van der Waals surface area contributed by atoms with Crippen molar-refractivity contribution in [3.05, 3.63) is 11.1 Å². The Hall–Kier alpha value is -0.260. The van der Waals surface area contributed by atoms with Crippen molar-refractivity contribution < 1.29 is 0 Å². The highest BCUT2D eigenvalue weighted by Crippen LogP contribution is 2.36. The van der Waals surface area contributed by atoms with E-state index >= 15 is 0 Å². The van der Waals surface area contributed by atoms with Crippen LogP contribution in [0, 0.1) is 17.8 Å². The standard InChI is InChI=1S/C15H28/c1-11(2)9-14-8-6-7-13(5)15(14)10-12(3)4/h11-13H,6-10H2,1-5H3. The van der Waals surface area contributed by atoms with Gasteiger partial charge >= 0.3 is 0 Å². The minimum Gasteiger partial charge on any atom is -0.0705 e. The number of allylic oxidation sites excluding steroid dienone is 2. The number of rotatable bonds is 4. The van der Waals surface area contributed by atoms with Gasteiger partial charge in [-0.2, -0.15) is 0 Å². The minimum absolute atomic E-state index is 0.822. The molecule has 0 heterocycles. The summed E-state index contributed by atoms with van der Waals surface area (Å²) in [5.41, 5.74) is 3.61. The summed E-state index contributed by atoms with van der Waals surface area (Å²) in [6.45, 7) is 11.8. The molecule has 0 aromatic carbocycles. The molecule has 0 fully saturated rings. The van der Waals surface area contributed by atoms with Crippen LogP contribution in [0.25, 0.3) is 0 Å². The van der Waals surface area contributed by atoms with E-state index in [1.165, 1.54) is 32.1 Å². The molecule has 88 valence electrons. The van der Waals surface area contributed by atoms with Crippen LogP contribution in [-0.4, -0.2) is 0 Å². The second kappa shape index (κ2) is 5.72. The molecule has 1 atom stereocenters. The van der Waals surface area contributed by atoms with E-state index in [1.807, 2.05) is 5.57 Å². The molecule has 0 spiro atoms. The lowest BCUT2D eigenvalue weighted by Gasteiger charge is -2.28. The van der Waals surface area contributed by atoms with Crippen LogP contribution in [0.5, 0.6) is 0 Å². The molecule has 0 aromatic rings. The third kappa shape index (κ3) is 4.01. The topological polar surface area (TPSA) is 0 Å². The molecule has 1 rings (SSSR count). The van der Waals surface area contributed by atoms with Crippen LogP contribution in [0.2, 0.25) is 0 Å². The Morgan fingerprint density at radius 2 is 1.67 bits per heavy atom. The average molecular weight is 208 g/mol. The predicted octanol–water partition coefficient (Wildman–Crippen LogP) is 5.20. The Kier molecular flexibility index (Phi) is 4.89. The lowest BCUT2D eigenvalue weighted by atomic mass is 9.78. The molecule has 1 aliphatic rings. The molecule has 15 heavy (non-hydrogen) atoms. The first kappa shape index (κ1) is 12.8. The molecule has 0 bridgehead atoms. The molecule has 0 radical (unpaired) electrons. The summed E-state index contributed by atoms with van der Waals surface area (Å²) in [6, 6.07) is 0. The fourth-order valence-electron chi connectivity index (χ4n) is 2.82. The van der Waals surface area contributed by atoms with Gasteiger partial charge < -0.3 is 0 Å².